The molecule has 4 rings (SSSR count). The Labute approximate surface area is 211 Å². The number of ether oxygens (including phenoxy) is 3. The topological polar surface area (TPSA) is 99.0 Å². The zero-order valence-corrected chi connectivity index (χ0v) is 21.3. The van der Waals surface area contributed by atoms with Crippen LogP contribution in [0.15, 0.2) is 47.0 Å². The van der Waals surface area contributed by atoms with Crippen molar-refractivity contribution in [2.45, 2.75) is 45.9 Å². The van der Waals surface area contributed by atoms with Crippen LogP contribution in [0.2, 0.25) is 0 Å². The molecule has 9 heteroatoms. The van der Waals surface area contributed by atoms with Gasteiger partial charge in [-0.15, -0.1) is 0 Å². The van der Waals surface area contributed by atoms with Gasteiger partial charge in [0.2, 0.25) is 17.6 Å². The Bertz CT molecular complexity index is 1160. The fourth-order valence-corrected chi connectivity index (χ4v) is 4.35. The summed E-state index contributed by atoms with van der Waals surface area (Å²) in [5.41, 5.74) is 1.80. The Morgan fingerprint density at radius 1 is 1.17 bits per heavy atom. The quantitative estimate of drug-likeness (QED) is 0.450. The minimum atomic E-state index is -0.0814. The van der Waals surface area contributed by atoms with Crippen molar-refractivity contribution in [2.75, 3.05) is 27.3 Å². The van der Waals surface area contributed by atoms with Gasteiger partial charge in [-0.1, -0.05) is 17.3 Å². The van der Waals surface area contributed by atoms with Crippen LogP contribution in [0.3, 0.4) is 0 Å². The number of hydrogen-bond acceptors (Lipinski definition) is 8. The fourth-order valence-electron chi connectivity index (χ4n) is 4.35. The van der Waals surface area contributed by atoms with Crippen molar-refractivity contribution in [3.8, 4) is 28.6 Å². The van der Waals surface area contributed by atoms with E-state index in [1.807, 2.05) is 56.3 Å². The summed E-state index contributed by atoms with van der Waals surface area (Å²) in [6, 6.07) is 13.3. The Morgan fingerprint density at radius 3 is 2.78 bits per heavy atom. The highest BCUT2D eigenvalue weighted by atomic mass is 16.5. The first kappa shape index (κ1) is 25.5. The molecule has 0 spiro atoms. The number of hydrogen-bond donors (Lipinski definition) is 1. The van der Waals surface area contributed by atoms with Crippen LogP contribution >= 0.6 is 0 Å². The van der Waals surface area contributed by atoms with E-state index in [1.165, 1.54) is 0 Å². The average molecular weight is 495 g/mol. The predicted octanol–water partition coefficient (Wildman–Crippen LogP) is 4.07. The average Bonchev–Trinajstić information content (AvgIpc) is 3.35. The summed E-state index contributed by atoms with van der Waals surface area (Å²) in [6.07, 6.45) is 1.91. The molecule has 192 valence electrons. The van der Waals surface area contributed by atoms with Gasteiger partial charge in [-0.05, 0) is 69.1 Å². The molecule has 0 saturated carbocycles. The van der Waals surface area contributed by atoms with Gasteiger partial charge in [0, 0.05) is 18.7 Å². The lowest BCUT2D eigenvalue weighted by molar-refractivity contribution is -0.127. The van der Waals surface area contributed by atoms with Crippen molar-refractivity contribution in [1.82, 2.24) is 20.4 Å². The Morgan fingerprint density at radius 2 is 2.00 bits per heavy atom. The number of carbonyl (C=O) groups excluding carboxylic acids is 1. The summed E-state index contributed by atoms with van der Waals surface area (Å²) in [5.74, 6) is 3.04. The Kier molecular flexibility index (Phi) is 8.43. The largest absolute Gasteiger partial charge is 0.493 e. The van der Waals surface area contributed by atoms with E-state index < -0.39 is 0 Å². The molecule has 1 aliphatic heterocycles. The normalized spacial score (nSPS) is 16.1. The minimum Gasteiger partial charge on any atom is -0.493 e. The number of piperidine rings is 1. The monoisotopic (exact) mass is 494 g/mol. The molecule has 36 heavy (non-hydrogen) atoms. The van der Waals surface area contributed by atoms with Gasteiger partial charge >= 0.3 is 0 Å². The van der Waals surface area contributed by atoms with E-state index >= 15 is 0 Å². The molecule has 2 aromatic carbocycles. The van der Waals surface area contributed by atoms with Crippen LogP contribution in [-0.4, -0.2) is 54.4 Å². The van der Waals surface area contributed by atoms with E-state index in [1.54, 1.807) is 14.2 Å². The Hall–Kier alpha value is -3.59. The summed E-state index contributed by atoms with van der Waals surface area (Å²) < 4.78 is 21.9. The van der Waals surface area contributed by atoms with Gasteiger partial charge in [0.05, 0.1) is 32.8 Å². The van der Waals surface area contributed by atoms with Gasteiger partial charge in [0.15, 0.2) is 11.5 Å². The lowest BCUT2D eigenvalue weighted by Crippen LogP contribution is -2.42. The summed E-state index contributed by atoms with van der Waals surface area (Å²) in [5, 5.41) is 7.21. The highest BCUT2D eigenvalue weighted by Gasteiger charge is 2.27. The van der Waals surface area contributed by atoms with E-state index in [4.69, 9.17) is 18.7 Å². The molecular weight excluding hydrogens is 460 g/mol. The van der Waals surface area contributed by atoms with Crippen LogP contribution < -0.4 is 19.5 Å². The number of nitrogens with zero attached hydrogens (tertiary/aromatic N) is 3. The smallest absolute Gasteiger partial charge is 0.241 e. The third-order valence-electron chi connectivity index (χ3n) is 6.08. The van der Waals surface area contributed by atoms with Gasteiger partial charge in [-0.3, -0.25) is 9.69 Å². The van der Waals surface area contributed by atoms with Crippen molar-refractivity contribution < 1.29 is 23.5 Å². The molecule has 0 radical (unpaired) electrons. The second-order valence-electron chi connectivity index (χ2n) is 9.19. The molecule has 1 aliphatic rings. The molecule has 1 N–H and O–H groups in total. The number of methoxy groups -OCH3 is 2. The molecule has 0 aliphatic carbocycles. The molecule has 1 unspecified atom stereocenters. The summed E-state index contributed by atoms with van der Waals surface area (Å²) in [6.45, 7) is 6.49. The van der Waals surface area contributed by atoms with Crippen molar-refractivity contribution in [3.63, 3.8) is 0 Å². The van der Waals surface area contributed by atoms with Gasteiger partial charge in [-0.2, -0.15) is 4.98 Å². The number of benzene rings is 2. The van der Waals surface area contributed by atoms with Crippen LogP contribution in [0.25, 0.3) is 11.4 Å². The van der Waals surface area contributed by atoms with Crippen LogP contribution in [0.4, 0.5) is 0 Å². The maximum atomic E-state index is 12.9. The van der Waals surface area contributed by atoms with E-state index in [-0.39, 0.29) is 17.9 Å². The Balaban J connectivity index is 1.32. The molecule has 1 amide bonds. The van der Waals surface area contributed by atoms with Crippen LogP contribution in [-0.2, 0) is 17.9 Å². The lowest BCUT2D eigenvalue weighted by atomic mass is 9.97. The summed E-state index contributed by atoms with van der Waals surface area (Å²) in [4.78, 5) is 19.6. The molecule has 1 saturated heterocycles. The van der Waals surface area contributed by atoms with Crippen LogP contribution in [0.1, 0.15) is 38.1 Å². The highest BCUT2D eigenvalue weighted by molar-refractivity contribution is 5.79. The van der Waals surface area contributed by atoms with Crippen molar-refractivity contribution >= 4 is 5.91 Å². The van der Waals surface area contributed by atoms with Gasteiger partial charge in [0.25, 0.3) is 0 Å². The molecule has 0 bridgehead atoms. The zero-order valence-electron chi connectivity index (χ0n) is 21.3. The number of carbonyl (C=O) groups is 1. The van der Waals surface area contributed by atoms with E-state index in [0.717, 1.165) is 36.3 Å². The fraction of sp³-hybridized carbons (Fsp3) is 0.444. The third-order valence-corrected chi connectivity index (χ3v) is 6.08. The zero-order chi connectivity index (χ0) is 25.5. The molecular formula is C27H34N4O5. The molecule has 3 aromatic rings. The first-order chi connectivity index (χ1) is 17.4. The highest BCUT2D eigenvalue weighted by Crippen LogP contribution is 2.31. The van der Waals surface area contributed by atoms with Crippen molar-refractivity contribution in [3.05, 3.63) is 53.9 Å². The number of aromatic nitrogens is 2. The first-order valence-corrected chi connectivity index (χ1v) is 12.3. The predicted molar refractivity (Wildman–Crippen MR) is 135 cm³/mol. The van der Waals surface area contributed by atoms with Gasteiger partial charge in [0.1, 0.15) is 5.75 Å². The second kappa shape index (κ2) is 11.9. The summed E-state index contributed by atoms with van der Waals surface area (Å²) >= 11 is 0. The molecule has 1 aromatic heterocycles. The third kappa shape index (κ3) is 6.54. The van der Waals surface area contributed by atoms with E-state index in [9.17, 15) is 4.79 Å². The van der Waals surface area contributed by atoms with E-state index in [0.29, 0.717) is 42.8 Å². The standard InChI is InChI=1S/C27H34N4O5/c1-18(2)35-22-9-5-7-19(13-22)15-28-27(32)21-8-6-12-31(16-21)17-25-29-26(30-36-25)20-10-11-23(33-3)24(14-20)34-4/h5,7,9-11,13-14,18,21H,6,8,12,15-17H2,1-4H3,(H,28,32). The second-order valence-corrected chi connectivity index (χ2v) is 9.19. The first-order valence-electron chi connectivity index (χ1n) is 12.3. The van der Waals surface area contributed by atoms with Crippen molar-refractivity contribution in [2.24, 2.45) is 5.92 Å². The maximum Gasteiger partial charge on any atom is 0.241 e. The SMILES string of the molecule is COc1ccc(-c2noc(CN3CCCC(C(=O)NCc4cccc(OC(C)C)c4)C3)n2)cc1OC. The minimum absolute atomic E-state index is 0.0615. The lowest BCUT2D eigenvalue weighted by Gasteiger charge is -2.30. The number of amides is 1. The van der Waals surface area contributed by atoms with E-state index in [2.05, 4.69) is 20.4 Å². The van der Waals surface area contributed by atoms with Gasteiger partial charge in [-0.25, -0.2) is 0 Å². The molecule has 2 heterocycles. The number of rotatable bonds is 10. The number of likely N-dealkylation sites (tertiary alicyclic amines) is 1. The molecule has 9 nitrogen and oxygen atoms in total. The summed E-state index contributed by atoms with van der Waals surface area (Å²) in [7, 11) is 3.18. The maximum absolute atomic E-state index is 12.9. The molecule has 1 fully saturated rings. The van der Waals surface area contributed by atoms with Crippen LogP contribution in [0.5, 0.6) is 17.2 Å². The number of nitrogens with one attached hydrogen (secondary N) is 1. The molecule has 1 atom stereocenters. The van der Waals surface area contributed by atoms with Crippen LogP contribution in [0, 0.1) is 5.92 Å². The van der Waals surface area contributed by atoms with Crippen molar-refractivity contribution in [1.29, 1.82) is 0 Å². The van der Waals surface area contributed by atoms with Gasteiger partial charge < -0.3 is 24.1 Å².